The maximum Gasteiger partial charge on any atom is 0.329 e. The third kappa shape index (κ3) is 6.28. The first-order chi connectivity index (χ1) is 15.5. The molecule has 1 N–H and O–H groups in total. The summed E-state index contributed by atoms with van der Waals surface area (Å²) in [5.74, 6) is -0.750. The fourth-order valence-corrected chi connectivity index (χ4v) is 3.29. The van der Waals surface area contributed by atoms with E-state index in [2.05, 4.69) is 21.2 Å². The van der Waals surface area contributed by atoms with Gasteiger partial charge in [-0.2, -0.15) is 0 Å². The number of hydrogen-bond donors (Lipinski definition) is 1. The fourth-order valence-electron chi connectivity index (χ4n) is 3.03. The lowest BCUT2D eigenvalue weighted by molar-refractivity contribution is -0.143. The van der Waals surface area contributed by atoms with Crippen LogP contribution < -0.4 is 10.1 Å². The number of Topliss-reactive ketones (excluding diaryl/α,β-unsaturated/α-hetero) is 2. The molecule has 32 heavy (non-hydrogen) atoms. The second-order valence-corrected chi connectivity index (χ2v) is 7.84. The average Bonchev–Trinajstić information content (AvgIpc) is 2.83. The first-order valence-electron chi connectivity index (χ1n) is 9.91. The van der Waals surface area contributed by atoms with Gasteiger partial charge in [-0.15, -0.1) is 0 Å². The molecule has 164 valence electrons. The molecule has 0 bridgehead atoms. The molecule has 0 aliphatic heterocycles. The maximum atomic E-state index is 12.9. The van der Waals surface area contributed by atoms with Crippen LogP contribution in [0.1, 0.15) is 27.1 Å². The van der Waals surface area contributed by atoms with Gasteiger partial charge >= 0.3 is 5.97 Å². The summed E-state index contributed by atoms with van der Waals surface area (Å²) >= 11 is 3.31. The molecule has 0 amide bonds. The first-order valence-corrected chi connectivity index (χ1v) is 10.7. The van der Waals surface area contributed by atoms with Gasteiger partial charge in [0.2, 0.25) is 0 Å². The van der Waals surface area contributed by atoms with Crippen LogP contribution in [-0.4, -0.2) is 37.3 Å². The molecule has 6 nitrogen and oxygen atoms in total. The highest BCUT2D eigenvalue weighted by atomic mass is 79.9. The van der Waals surface area contributed by atoms with Crippen molar-refractivity contribution in [1.29, 1.82) is 0 Å². The highest BCUT2D eigenvalue weighted by molar-refractivity contribution is 9.10. The number of hydrogen-bond acceptors (Lipinski definition) is 6. The van der Waals surface area contributed by atoms with Crippen molar-refractivity contribution >= 4 is 39.2 Å². The number of halogens is 1. The number of ketones is 2. The van der Waals surface area contributed by atoms with E-state index in [1.165, 1.54) is 7.11 Å². The van der Waals surface area contributed by atoms with Crippen molar-refractivity contribution < 1.29 is 23.9 Å². The van der Waals surface area contributed by atoms with Crippen LogP contribution in [0.2, 0.25) is 0 Å². The summed E-state index contributed by atoms with van der Waals surface area (Å²) in [6, 6.07) is 21.5. The second-order valence-electron chi connectivity index (χ2n) is 6.93. The average molecular weight is 496 g/mol. The van der Waals surface area contributed by atoms with E-state index in [0.29, 0.717) is 22.6 Å². The zero-order valence-corrected chi connectivity index (χ0v) is 19.0. The van der Waals surface area contributed by atoms with Gasteiger partial charge in [0.15, 0.2) is 18.2 Å². The molecule has 0 aromatic heterocycles. The van der Waals surface area contributed by atoms with Crippen LogP contribution in [0.25, 0.3) is 0 Å². The lowest BCUT2D eigenvalue weighted by Crippen LogP contribution is -2.35. The van der Waals surface area contributed by atoms with E-state index in [1.807, 2.05) is 6.07 Å². The Balaban J connectivity index is 1.74. The molecule has 0 heterocycles. The molecule has 3 rings (SSSR count). The number of para-hydroxylation sites is 2. The third-order valence-electron chi connectivity index (χ3n) is 4.72. The number of ether oxygens (including phenoxy) is 2. The second kappa shape index (κ2) is 11.2. The van der Waals surface area contributed by atoms with Crippen LogP contribution in [0, 0.1) is 0 Å². The SMILES string of the molecule is COc1ccccc1N[C@H](CC(=O)c1ccccc1)C(=O)OCC(=O)c1ccc(Br)cc1. The van der Waals surface area contributed by atoms with E-state index in [4.69, 9.17) is 9.47 Å². The number of nitrogens with one attached hydrogen (secondary N) is 1. The highest BCUT2D eigenvalue weighted by Gasteiger charge is 2.26. The van der Waals surface area contributed by atoms with Crippen molar-refractivity contribution in [3.63, 3.8) is 0 Å². The molecule has 7 heteroatoms. The van der Waals surface area contributed by atoms with Crippen LogP contribution >= 0.6 is 15.9 Å². The summed E-state index contributed by atoms with van der Waals surface area (Å²) in [5, 5.41) is 3.03. The molecule has 3 aromatic rings. The van der Waals surface area contributed by atoms with Crippen LogP contribution in [0.3, 0.4) is 0 Å². The topological polar surface area (TPSA) is 81.7 Å². The molecular weight excluding hydrogens is 474 g/mol. The normalized spacial score (nSPS) is 11.3. The van der Waals surface area contributed by atoms with Crippen molar-refractivity contribution in [1.82, 2.24) is 0 Å². The Morgan fingerprint density at radius 2 is 1.47 bits per heavy atom. The Morgan fingerprint density at radius 3 is 2.16 bits per heavy atom. The Labute approximate surface area is 194 Å². The van der Waals surface area contributed by atoms with Crippen LogP contribution in [0.5, 0.6) is 5.75 Å². The quantitative estimate of drug-likeness (QED) is 0.317. The summed E-state index contributed by atoms with van der Waals surface area (Å²) < 4.78 is 11.4. The van der Waals surface area contributed by atoms with Gasteiger partial charge in [-0.3, -0.25) is 9.59 Å². The van der Waals surface area contributed by atoms with E-state index >= 15 is 0 Å². The molecule has 0 fully saturated rings. The zero-order valence-electron chi connectivity index (χ0n) is 17.4. The molecule has 0 saturated heterocycles. The molecular formula is C25H22BrNO5. The number of methoxy groups -OCH3 is 1. The molecule has 0 aliphatic carbocycles. The highest BCUT2D eigenvalue weighted by Crippen LogP contribution is 2.25. The predicted molar refractivity (Wildman–Crippen MR) is 125 cm³/mol. The number of carbonyl (C=O) groups excluding carboxylic acids is 3. The Morgan fingerprint density at radius 1 is 0.844 bits per heavy atom. The Hall–Kier alpha value is -3.45. The van der Waals surface area contributed by atoms with Crippen molar-refractivity contribution in [2.24, 2.45) is 0 Å². The van der Waals surface area contributed by atoms with Crippen molar-refractivity contribution in [2.75, 3.05) is 19.0 Å². The number of benzene rings is 3. The van der Waals surface area contributed by atoms with Gasteiger partial charge in [0, 0.05) is 22.0 Å². The van der Waals surface area contributed by atoms with E-state index in [-0.39, 0.29) is 18.0 Å². The van der Waals surface area contributed by atoms with Gasteiger partial charge in [0.1, 0.15) is 11.8 Å². The smallest absolute Gasteiger partial charge is 0.329 e. The zero-order chi connectivity index (χ0) is 22.9. The van der Waals surface area contributed by atoms with Gasteiger partial charge in [-0.05, 0) is 24.3 Å². The number of rotatable bonds is 10. The monoisotopic (exact) mass is 495 g/mol. The molecule has 1 atom stereocenters. The summed E-state index contributed by atoms with van der Waals surface area (Å²) in [4.78, 5) is 38.0. The molecule has 0 spiro atoms. The van der Waals surface area contributed by atoms with E-state index in [0.717, 1.165) is 4.47 Å². The molecule has 0 radical (unpaired) electrons. The van der Waals surface area contributed by atoms with Gasteiger partial charge in [-0.25, -0.2) is 4.79 Å². The standard InChI is InChI=1S/C25H22BrNO5/c1-31-24-10-6-5-9-20(24)27-21(15-22(28)17-7-3-2-4-8-17)25(30)32-16-23(29)18-11-13-19(26)14-12-18/h2-14,21,27H,15-16H2,1H3/t21-/m1/s1. The van der Waals surface area contributed by atoms with E-state index in [9.17, 15) is 14.4 Å². The van der Waals surface area contributed by atoms with Crippen molar-refractivity contribution in [2.45, 2.75) is 12.5 Å². The minimum atomic E-state index is -1.00. The number of anilines is 1. The van der Waals surface area contributed by atoms with E-state index < -0.39 is 18.6 Å². The summed E-state index contributed by atoms with van der Waals surface area (Å²) in [7, 11) is 1.51. The number of esters is 1. The minimum Gasteiger partial charge on any atom is -0.495 e. The largest absolute Gasteiger partial charge is 0.495 e. The maximum absolute atomic E-state index is 12.9. The van der Waals surface area contributed by atoms with E-state index in [1.54, 1.807) is 72.8 Å². The molecule has 0 saturated carbocycles. The molecule has 0 aliphatic rings. The minimum absolute atomic E-state index is 0.145. The van der Waals surface area contributed by atoms with Gasteiger partial charge < -0.3 is 14.8 Å². The van der Waals surface area contributed by atoms with Gasteiger partial charge in [0.25, 0.3) is 0 Å². The lowest BCUT2D eigenvalue weighted by atomic mass is 10.0. The van der Waals surface area contributed by atoms with Gasteiger partial charge in [-0.1, -0.05) is 70.5 Å². The van der Waals surface area contributed by atoms with Crippen LogP contribution in [0.15, 0.2) is 83.3 Å². The summed E-state index contributed by atoms with van der Waals surface area (Å²) in [6.07, 6.45) is -0.145. The third-order valence-corrected chi connectivity index (χ3v) is 5.25. The van der Waals surface area contributed by atoms with Crippen molar-refractivity contribution in [3.8, 4) is 5.75 Å². The predicted octanol–water partition coefficient (Wildman–Crippen LogP) is 4.94. The van der Waals surface area contributed by atoms with Crippen molar-refractivity contribution in [3.05, 3.63) is 94.5 Å². The fraction of sp³-hybridized carbons (Fsp3) is 0.160. The van der Waals surface area contributed by atoms with Crippen LogP contribution in [-0.2, 0) is 9.53 Å². The summed E-state index contributed by atoms with van der Waals surface area (Å²) in [6.45, 7) is -0.426. The summed E-state index contributed by atoms with van der Waals surface area (Å²) in [5.41, 5.74) is 1.45. The Kier molecular flexibility index (Phi) is 8.16. The van der Waals surface area contributed by atoms with Gasteiger partial charge in [0.05, 0.1) is 12.8 Å². The molecule has 0 unspecified atom stereocenters. The first kappa shape index (κ1) is 23.2. The lowest BCUT2D eigenvalue weighted by Gasteiger charge is -2.19. The van der Waals surface area contributed by atoms with Crippen LogP contribution in [0.4, 0.5) is 5.69 Å². The molecule has 3 aromatic carbocycles. The number of carbonyl (C=O) groups is 3. The Bertz CT molecular complexity index is 1080.